The highest BCUT2D eigenvalue weighted by molar-refractivity contribution is 6.09. The van der Waals surface area contributed by atoms with Crippen LogP contribution in [0.4, 0.5) is 0 Å². The molecule has 1 heteroatoms. The zero-order chi connectivity index (χ0) is 12.9. The molecular weight excluding hydrogens is 182 g/mol. The third-order valence-corrected chi connectivity index (χ3v) is 2.94. The lowest BCUT2D eigenvalue weighted by Gasteiger charge is -1.97. The molecule has 0 saturated heterocycles. The number of para-hydroxylation sites is 1. The first kappa shape index (κ1) is 5.96. The van der Waals surface area contributed by atoms with Gasteiger partial charge >= 0.3 is 0 Å². The van der Waals surface area contributed by atoms with Gasteiger partial charge in [0.1, 0.15) is 0 Å². The lowest BCUT2D eigenvalue weighted by molar-refractivity contribution is 1.01. The highest BCUT2D eigenvalue weighted by Gasteiger charge is 2.07. The van der Waals surface area contributed by atoms with Gasteiger partial charge in [-0.3, -0.25) is 0 Å². The quantitative estimate of drug-likeness (QED) is 0.519. The van der Waals surface area contributed by atoms with Gasteiger partial charge in [0.15, 0.2) is 0 Å². The molecule has 1 heterocycles. The number of benzene rings is 2. The van der Waals surface area contributed by atoms with E-state index in [9.17, 15) is 0 Å². The maximum Gasteiger partial charge on any atom is 0.0491 e. The first-order valence-corrected chi connectivity index (χ1v) is 4.97. The Kier molecular flexibility index (Phi) is 1.14. The zero-order valence-corrected chi connectivity index (χ0v) is 8.49. The van der Waals surface area contributed by atoms with Crippen LogP contribution in [0.25, 0.3) is 21.8 Å². The average molecular weight is 198 g/mol. The van der Waals surface area contributed by atoms with Crippen molar-refractivity contribution in [2.75, 3.05) is 0 Å². The summed E-state index contributed by atoms with van der Waals surface area (Å²) in [6.45, 7) is -2.08. The second-order valence-corrected chi connectivity index (χ2v) is 3.78. The Morgan fingerprint density at radius 1 is 1.00 bits per heavy atom. The molecule has 0 unspecified atom stereocenters. The molecule has 1 aromatic heterocycles. The van der Waals surface area contributed by atoms with E-state index in [0.29, 0.717) is 5.56 Å². The summed E-state index contributed by atoms with van der Waals surface area (Å²) in [6, 6.07) is 13.4. The molecule has 0 aliphatic heterocycles. The van der Waals surface area contributed by atoms with Crippen LogP contribution < -0.4 is 0 Å². The third kappa shape index (κ3) is 1.03. The lowest BCUT2D eigenvalue weighted by atomic mass is 10.1. The fourth-order valence-electron chi connectivity index (χ4n) is 2.21. The molecule has 0 atom stereocenters. The van der Waals surface area contributed by atoms with Crippen LogP contribution in [-0.2, 0) is 7.05 Å². The van der Waals surface area contributed by atoms with Gasteiger partial charge in [0.05, 0.1) is 0 Å². The molecule has 0 saturated carbocycles. The normalized spacial score (nSPS) is 15.1. The first-order valence-electron chi connectivity index (χ1n) is 6.47. The van der Waals surface area contributed by atoms with Crippen molar-refractivity contribution in [1.29, 1.82) is 0 Å². The fourth-order valence-corrected chi connectivity index (χ4v) is 2.21. The largest absolute Gasteiger partial charge is 0.344 e. The van der Waals surface area contributed by atoms with Crippen LogP contribution in [0.2, 0.25) is 0 Å². The summed E-state index contributed by atoms with van der Waals surface area (Å²) >= 11 is 0. The van der Waals surface area contributed by atoms with Crippen LogP contribution in [0.1, 0.15) is 9.68 Å². The van der Waals surface area contributed by atoms with Gasteiger partial charge in [-0.1, -0.05) is 30.3 Å². The molecule has 0 aliphatic carbocycles. The van der Waals surface area contributed by atoms with Crippen LogP contribution in [0.5, 0.6) is 0 Å². The Morgan fingerprint density at radius 3 is 2.67 bits per heavy atom. The van der Waals surface area contributed by atoms with E-state index in [1.54, 1.807) is 6.07 Å². The van der Waals surface area contributed by atoms with E-state index < -0.39 is 6.85 Å². The second kappa shape index (κ2) is 2.86. The molecule has 0 spiro atoms. The molecule has 0 amide bonds. The molecule has 0 radical (unpaired) electrons. The van der Waals surface area contributed by atoms with Crippen LogP contribution in [0, 0.1) is 6.85 Å². The van der Waals surface area contributed by atoms with E-state index in [0.717, 1.165) is 21.8 Å². The molecular formula is C14H13N. The Bertz CT molecular complexity index is 738. The Morgan fingerprint density at radius 2 is 1.80 bits per heavy atom. The molecule has 0 aliphatic rings. The number of aromatic nitrogens is 1. The number of fused-ring (bicyclic) bond motifs is 3. The Balaban J connectivity index is 2.58. The number of aryl methyl sites for hydroxylation is 2. The SMILES string of the molecule is [2H]C([2H])([2H])c1cccc2c1c1ccccc1n2C. The average Bonchev–Trinajstić information content (AvgIpc) is 2.63. The molecule has 1 nitrogen and oxygen atoms in total. The minimum atomic E-state index is -2.08. The summed E-state index contributed by atoms with van der Waals surface area (Å²) < 4.78 is 25.0. The number of hydrogen-bond donors (Lipinski definition) is 0. The van der Waals surface area contributed by atoms with Gasteiger partial charge < -0.3 is 4.57 Å². The molecule has 0 bridgehead atoms. The molecule has 2 aromatic carbocycles. The van der Waals surface area contributed by atoms with Gasteiger partial charge in [-0.05, 0) is 24.5 Å². The fraction of sp³-hybridized carbons (Fsp3) is 0.143. The third-order valence-electron chi connectivity index (χ3n) is 2.94. The van der Waals surface area contributed by atoms with Crippen LogP contribution in [0.15, 0.2) is 42.5 Å². The van der Waals surface area contributed by atoms with Crippen molar-refractivity contribution < 1.29 is 4.11 Å². The van der Waals surface area contributed by atoms with Crippen molar-refractivity contribution in [2.45, 2.75) is 6.85 Å². The first-order chi connectivity index (χ1) is 8.50. The van der Waals surface area contributed by atoms with E-state index in [-0.39, 0.29) is 0 Å². The van der Waals surface area contributed by atoms with Crippen molar-refractivity contribution in [3.8, 4) is 0 Å². The maximum absolute atomic E-state index is 7.66. The van der Waals surface area contributed by atoms with E-state index in [1.165, 1.54) is 0 Å². The van der Waals surface area contributed by atoms with Crippen molar-refractivity contribution in [3.05, 3.63) is 48.0 Å². The van der Waals surface area contributed by atoms with Gasteiger partial charge in [-0.25, -0.2) is 0 Å². The topological polar surface area (TPSA) is 4.93 Å². The number of hydrogen-bond acceptors (Lipinski definition) is 0. The van der Waals surface area contributed by atoms with Crippen molar-refractivity contribution in [1.82, 2.24) is 4.57 Å². The van der Waals surface area contributed by atoms with Gasteiger partial charge in [0.2, 0.25) is 0 Å². The van der Waals surface area contributed by atoms with Gasteiger partial charge in [0, 0.05) is 33.0 Å². The van der Waals surface area contributed by atoms with Gasteiger partial charge in [0.25, 0.3) is 0 Å². The summed E-state index contributed by atoms with van der Waals surface area (Å²) in [4.78, 5) is 0. The number of rotatable bonds is 0. The standard InChI is InChI=1S/C14H13N/c1-10-6-5-9-13-14(10)11-7-3-4-8-12(11)15(13)2/h3-9H,1-2H3/i1D3. The van der Waals surface area contributed by atoms with Crippen LogP contribution >= 0.6 is 0 Å². The minimum absolute atomic E-state index is 0.428. The van der Waals surface area contributed by atoms with Crippen LogP contribution in [-0.4, -0.2) is 4.57 Å². The molecule has 0 N–H and O–H groups in total. The monoisotopic (exact) mass is 198 g/mol. The number of nitrogens with zero attached hydrogens (tertiary/aromatic N) is 1. The summed E-state index contributed by atoms with van der Waals surface area (Å²) in [7, 11) is 1.97. The van der Waals surface area contributed by atoms with E-state index in [1.807, 2.05) is 48.0 Å². The van der Waals surface area contributed by atoms with Gasteiger partial charge in [-0.15, -0.1) is 0 Å². The van der Waals surface area contributed by atoms with Gasteiger partial charge in [-0.2, -0.15) is 0 Å². The second-order valence-electron chi connectivity index (χ2n) is 3.78. The molecule has 15 heavy (non-hydrogen) atoms. The van der Waals surface area contributed by atoms with Crippen molar-refractivity contribution in [2.24, 2.45) is 7.05 Å². The van der Waals surface area contributed by atoms with Crippen LogP contribution in [0.3, 0.4) is 0 Å². The smallest absolute Gasteiger partial charge is 0.0491 e. The summed E-state index contributed by atoms with van der Waals surface area (Å²) in [5.74, 6) is 0. The van der Waals surface area contributed by atoms with E-state index >= 15 is 0 Å². The van der Waals surface area contributed by atoms with Crippen molar-refractivity contribution in [3.63, 3.8) is 0 Å². The summed E-state index contributed by atoms with van der Waals surface area (Å²) in [6.07, 6.45) is 0. The summed E-state index contributed by atoms with van der Waals surface area (Å²) in [5, 5.41) is 1.84. The summed E-state index contributed by atoms with van der Waals surface area (Å²) in [5.41, 5.74) is 2.45. The Hall–Kier alpha value is -1.76. The Labute approximate surface area is 93.2 Å². The molecule has 74 valence electrons. The van der Waals surface area contributed by atoms with E-state index in [4.69, 9.17) is 4.11 Å². The predicted molar refractivity (Wildman–Crippen MR) is 65.2 cm³/mol. The molecule has 3 aromatic rings. The van der Waals surface area contributed by atoms with E-state index in [2.05, 4.69) is 0 Å². The minimum Gasteiger partial charge on any atom is -0.344 e. The zero-order valence-electron chi connectivity index (χ0n) is 11.5. The molecule has 3 rings (SSSR count). The molecule has 0 fully saturated rings. The predicted octanol–water partition coefficient (Wildman–Crippen LogP) is 3.64. The highest BCUT2D eigenvalue weighted by Crippen LogP contribution is 2.29. The maximum atomic E-state index is 7.66. The lowest BCUT2D eigenvalue weighted by Crippen LogP contribution is -1.85. The highest BCUT2D eigenvalue weighted by atomic mass is 14.9. The van der Waals surface area contributed by atoms with Crippen molar-refractivity contribution >= 4 is 21.8 Å².